The number of hydrogen-bond acceptors (Lipinski definition) is 2. The van der Waals surface area contributed by atoms with Gasteiger partial charge in [-0.15, -0.1) is 0 Å². The molecular formula is C16H24N2O. The molecular weight excluding hydrogens is 236 g/mol. The number of rotatable bonds is 5. The SMILES string of the molecule is CCCNC1CCN(C(=O)CCC)c2ccccc21. The quantitative estimate of drug-likeness (QED) is 0.881. The van der Waals surface area contributed by atoms with Crippen LogP contribution in [0.5, 0.6) is 0 Å². The van der Waals surface area contributed by atoms with Gasteiger partial charge in [-0.05, 0) is 37.4 Å². The molecule has 1 aromatic carbocycles. The molecule has 19 heavy (non-hydrogen) atoms. The second kappa shape index (κ2) is 6.71. The van der Waals surface area contributed by atoms with Gasteiger partial charge in [-0.25, -0.2) is 0 Å². The highest BCUT2D eigenvalue weighted by Crippen LogP contribution is 2.33. The van der Waals surface area contributed by atoms with Crippen LogP contribution in [-0.4, -0.2) is 19.0 Å². The molecule has 0 aliphatic carbocycles. The second-order valence-corrected chi connectivity index (χ2v) is 5.15. The summed E-state index contributed by atoms with van der Waals surface area (Å²) in [4.78, 5) is 14.1. The predicted octanol–water partition coefficient (Wildman–Crippen LogP) is 3.26. The molecule has 1 aromatic rings. The van der Waals surface area contributed by atoms with Crippen molar-refractivity contribution < 1.29 is 4.79 Å². The number of fused-ring (bicyclic) bond motifs is 1. The monoisotopic (exact) mass is 260 g/mol. The van der Waals surface area contributed by atoms with Crippen molar-refractivity contribution >= 4 is 11.6 Å². The van der Waals surface area contributed by atoms with Crippen LogP contribution in [0.2, 0.25) is 0 Å². The Kier molecular flexibility index (Phi) is 4.97. The molecule has 3 heteroatoms. The number of nitrogens with zero attached hydrogens (tertiary/aromatic N) is 1. The Balaban J connectivity index is 2.21. The molecule has 0 saturated heterocycles. The van der Waals surface area contributed by atoms with Crippen molar-refractivity contribution in [2.24, 2.45) is 0 Å². The van der Waals surface area contributed by atoms with Crippen LogP contribution in [0, 0.1) is 0 Å². The van der Waals surface area contributed by atoms with E-state index in [0.717, 1.165) is 38.0 Å². The first-order chi connectivity index (χ1) is 9.27. The number of carbonyl (C=O) groups excluding carboxylic acids is 1. The summed E-state index contributed by atoms with van der Waals surface area (Å²) in [6, 6.07) is 8.69. The normalized spacial score (nSPS) is 18.2. The molecule has 3 nitrogen and oxygen atoms in total. The molecule has 0 fully saturated rings. The van der Waals surface area contributed by atoms with E-state index in [1.54, 1.807) is 0 Å². The molecule has 2 rings (SSSR count). The van der Waals surface area contributed by atoms with Gasteiger partial charge in [-0.1, -0.05) is 32.0 Å². The fourth-order valence-corrected chi connectivity index (χ4v) is 2.70. The van der Waals surface area contributed by atoms with Crippen molar-refractivity contribution in [3.63, 3.8) is 0 Å². The minimum atomic E-state index is 0.254. The van der Waals surface area contributed by atoms with Crippen molar-refractivity contribution in [2.45, 2.75) is 45.6 Å². The lowest BCUT2D eigenvalue weighted by molar-refractivity contribution is -0.118. The molecule has 0 bridgehead atoms. The molecule has 1 atom stereocenters. The summed E-state index contributed by atoms with van der Waals surface area (Å²) in [7, 11) is 0. The molecule has 1 heterocycles. The van der Waals surface area contributed by atoms with Crippen molar-refractivity contribution in [3.8, 4) is 0 Å². The van der Waals surface area contributed by atoms with E-state index in [9.17, 15) is 4.79 Å². The minimum absolute atomic E-state index is 0.254. The molecule has 1 aliphatic rings. The lowest BCUT2D eigenvalue weighted by Crippen LogP contribution is -2.39. The maximum Gasteiger partial charge on any atom is 0.226 e. The molecule has 0 radical (unpaired) electrons. The van der Waals surface area contributed by atoms with Crippen LogP contribution < -0.4 is 10.2 Å². The lowest BCUT2D eigenvalue weighted by atomic mass is 9.96. The molecule has 0 saturated carbocycles. The molecule has 1 aliphatic heterocycles. The highest BCUT2D eigenvalue weighted by molar-refractivity contribution is 5.94. The van der Waals surface area contributed by atoms with Crippen LogP contribution in [0.1, 0.15) is 51.1 Å². The predicted molar refractivity (Wildman–Crippen MR) is 79.4 cm³/mol. The first-order valence-corrected chi connectivity index (χ1v) is 7.40. The van der Waals surface area contributed by atoms with Gasteiger partial charge in [0.05, 0.1) is 0 Å². The van der Waals surface area contributed by atoms with Gasteiger partial charge >= 0.3 is 0 Å². The van der Waals surface area contributed by atoms with Gasteiger partial charge in [0.15, 0.2) is 0 Å². The first-order valence-electron chi connectivity index (χ1n) is 7.40. The maximum absolute atomic E-state index is 12.2. The van der Waals surface area contributed by atoms with E-state index in [1.165, 1.54) is 5.56 Å². The smallest absolute Gasteiger partial charge is 0.226 e. The number of benzene rings is 1. The molecule has 1 amide bonds. The maximum atomic E-state index is 12.2. The van der Waals surface area contributed by atoms with Crippen molar-refractivity contribution in [1.82, 2.24) is 5.32 Å². The zero-order valence-electron chi connectivity index (χ0n) is 12.0. The first kappa shape index (κ1) is 14.1. The third-order valence-electron chi connectivity index (χ3n) is 3.65. The van der Waals surface area contributed by atoms with Gasteiger partial charge in [0.2, 0.25) is 5.91 Å². The van der Waals surface area contributed by atoms with Crippen LogP contribution in [0.15, 0.2) is 24.3 Å². The van der Waals surface area contributed by atoms with Crippen molar-refractivity contribution in [2.75, 3.05) is 18.0 Å². The van der Waals surface area contributed by atoms with Gasteiger partial charge in [-0.2, -0.15) is 0 Å². The summed E-state index contributed by atoms with van der Waals surface area (Å²) in [6.07, 6.45) is 3.69. The van der Waals surface area contributed by atoms with Crippen LogP contribution in [-0.2, 0) is 4.79 Å². The van der Waals surface area contributed by atoms with Crippen LogP contribution in [0.25, 0.3) is 0 Å². The standard InChI is InChI=1S/C16H24N2O/c1-3-7-16(19)18-12-10-14(17-11-4-2)13-8-5-6-9-15(13)18/h5-6,8-9,14,17H,3-4,7,10-12H2,1-2H3. The topological polar surface area (TPSA) is 32.3 Å². The van der Waals surface area contributed by atoms with Crippen molar-refractivity contribution in [1.29, 1.82) is 0 Å². The highest BCUT2D eigenvalue weighted by Gasteiger charge is 2.27. The van der Waals surface area contributed by atoms with E-state index in [1.807, 2.05) is 11.0 Å². The largest absolute Gasteiger partial charge is 0.312 e. The van der Waals surface area contributed by atoms with E-state index in [2.05, 4.69) is 37.4 Å². The van der Waals surface area contributed by atoms with Crippen LogP contribution in [0.4, 0.5) is 5.69 Å². The number of anilines is 1. The number of hydrogen-bond donors (Lipinski definition) is 1. The van der Waals surface area contributed by atoms with Crippen LogP contribution >= 0.6 is 0 Å². The number of para-hydroxylation sites is 1. The Bertz CT molecular complexity index is 431. The summed E-state index contributed by atoms with van der Waals surface area (Å²) in [5.74, 6) is 0.254. The number of carbonyl (C=O) groups is 1. The zero-order chi connectivity index (χ0) is 13.7. The average molecular weight is 260 g/mol. The summed E-state index contributed by atoms with van der Waals surface area (Å²) >= 11 is 0. The Morgan fingerprint density at radius 3 is 2.84 bits per heavy atom. The zero-order valence-corrected chi connectivity index (χ0v) is 12.0. The van der Waals surface area contributed by atoms with Gasteiger partial charge < -0.3 is 10.2 Å². The second-order valence-electron chi connectivity index (χ2n) is 5.15. The molecule has 1 unspecified atom stereocenters. The van der Waals surface area contributed by atoms with E-state index in [-0.39, 0.29) is 5.91 Å². The highest BCUT2D eigenvalue weighted by atomic mass is 16.2. The summed E-state index contributed by atoms with van der Waals surface area (Å²) in [6.45, 7) is 6.09. The van der Waals surface area contributed by atoms with Crippen molar-refractivity contribution in [3.05, 3.63) is 29.8 Å². The van der Waals surface area contributed by atoms with Crippen LogP contribution in [0.3, 0.4) is 0 Å². The third-order valence-corrected chi connectivity index (χ3v) is 3.65. The van der Waals surface area contributed by atoms with E-state index in [4.69, 9.17) is 0 Å². The Labute approximate surface area is 116 Å². The van der Waals surface area contributed by atoms with Gasteiger partial charge in [0.25, 0.3) is 0 Å². The Hall–Kier alpha value is -1.35. The summed E-state index contributed by atoms with van der Waals surface area (Å²) in [5, 5.41) is 3.58. The summed E-state index contributed by atoms with van der Waals surface area (Å²) < 4.78 is 0. The Morgan fingerprint density at radius 2 is 2.11 bits per heavy atom. The Morgan fingerprint density at radius 1 is 1.32 bits per heavy atom. The number of amides is 1. The fourth-order valence-electron chi connectivity index (χ4n) is 2.70. The van der Waals surface area contributed by atoms with Gasteiger partial charge in [0, 0.05) is 24.7 Å². The van der Waals surface area contributed by atoms with Gasteiger partial charge in [0.1, 0.15) is 0 Å². The third kappa shape index (κ3) is 3.16. The molecule has 0 spiro atoms. The van der Waals surface area contributed by atoms with Gasteiger partial charge in [-0.3, -0.25) is 4.79 Å². The fraction of sp³-hybridized carbons (Fsp3) is 0.562. The molecule has 0 aromatic heterocycles. The average Bonchev–Trinajstić information content (AvgIpc) is 2.45. The lowest BCUT2D eigenvalue weighted by Gasteiger charge is -2.35. The van der Waals surface area contributed by atoms with E-state index in [0.29, 0.717) is 12.5 Å². The van der Waals surface area contributed by atoms with E-state index < -0.39 is 0 Å². The summed E-state index contributed by atoms with van der Waals surface area (Å²) in [5.41, 5.74) is 2.37. The molecule has 104 valence electrons. The molecule has 1 N–H and O–H groups in total. The van der Waals surface area contributed by atoms with E-state index >= 15 is 0 Å². The minimum Gasteiger partial charge on any atom is -0.312 e. The number of nitrogens with one attached hydrogen (secondary N) is 1.